The zero-order valence-corrected chi connectivity index (χ0v) is 17.0. The summed E-state index contributed by atoms with van der Waals surface area (Å²) in [5.41, 5.74) is 2.21. The summed E-state index contributed by atoms with van der Waals surface area (Å²) in [7, 11) is 0. The van der Waals surface area contributed by atoms with Gasteiger partial charge < -0.3 is 14.9 Å². The molecule has 0 aliphatic carbocycles. The van der Waals surface area contributed by atoms with Crippen molar-refractivity contribution >= 4 is 11.5 Å². The van der Waals surface area contributed by atoms with Gasteiger partial charge in [-0.2, -0.15) is 0 Å². The van der Waals surface area contributed by atoms with Gasteiger partial charge >= 0.3 is 0 Å². The Kier molecular flexibility index (Phi) is 5.67. The number of hydrogen-bond donors (Lipinski definition) is 1. The Balaban J connectivity index is 1.33. The van der Waals surface area contributed by atoms with Gasteiger partial charge in [-0.05, 0) is 38.3 Å². The van der Waals surface area contributed by atoms with E-state index in [-0.39, 0.29) is 0 Å². The minimum atomic E-state index is 0.385. The summed E-state index contributed by atoms with van der Waals surface area (Å²) in [6, 6.07) is 8.31. The predicted molar refractivity (Wildman–Crippen MR) is 113 cm³/mol. The van der Waals surface area contributed by atoms with Gasteiger partial charge in [0.05, 0.1) is 5.69 Å². The number of benzene rings is 1. The van der Waals surface area contributed by atoms with Crippen molar-refractivity contribution in [1.82, 2.24) is 14.9 Å². The molecule has 150 valence electrons. The molecular weight excluding hydrogens is 350 g/mol. The second-order valence-electron chi connectivity index (χ2n) is 7.85. The van der Waals surface area contributed by atoms with E-state index in [2.05, 4.69) is 26.6 Å². The molecule has 1 aromatic heterocycles. The number of phenolic OH excluding ortho intramolecular Hbond substituents is 1. The molecule has 6 heteroatoms. The molecule has 0 bridgehead atoms. The molecule has 0 atom stereocenters. The van der Waals surface area contributed by atoms with E-state index in [9.17, 15) is 5.11 Å². The summed E-state index contributed by atoms with van der Waals surface area (Å²) in [4.78, 5) is 16.5. The number of piperazine rings is 1. The van der Waals surface area contributed by atoms with Gasteiger partial charge in [0.2, 0.25) is 0 Å². The molecule has 28 heavy (non-hydrogen) atoms. The lowest BCUT2D eigenvalue weighted by molar-refractivity contribution is 0.159. The summed E-state index contributed by atoms with van der Waals surface area (Å²) in [5, 5.41) is 10.1. The fourth-order valence-electron chi connectivity index (χ4n) is 4.51. The van der Waals surface area contributed by atoms with E-state index < -0.39 is 0 Å². The SMILES string of the molecule is CCc1cnc(C)nc1N1CCC(N2CCN(c3ccccc3O)CC2)CC1. The van der Waals surface area contributed by atoms with Crippen LogP contribution in [-0.4, -0.2) is 65.3 Å². The van der Waals surface area contributed by atoms with E-state index in [0.717, 1.165) is 63.0 Å². The normalized spacial score (nSPS) is 19.2. The van der Waals surface area contributed by atoms with Crippen LogP contribution in [0.25, 0.3) is 0 Å². The number of aromatic hydroxyl groups is 1. The highest BCUT2D eigenvalue weighted by atomic mass is 16.3. The fraction of sp³-hybridized carbons (Fsp3) is 0.545. The molecule has 4 rings (SSSR count). The Morgan fingerprint density at radius 2 is 1.71 bits per heavy atom. The van der Waals surface area contributed by atoms with Gasteiger partial charge in [-0.1, -0.05) is 19.1 Å². The quantitative estimate of drug-likeness (QED) is 0.879. The van der Waals surface area contributed by atoms with E-state index in [4.69, 9.17) is 4.98 Å². The van der Waals surface area contributed by atoms with Crippen molar-refractivity contribution in [3.05, 3.63) is 41.9 Å². The molecule has 2 fully saturated rings. The summed E-state index contributed by atoms with van der Waals surface area (Å²) in [6.45, 7) is 10.3. The molecule has 2 saturated heterocycles. The average molecular weight is 382 g/mol. The number of hydrogen-bond acceptors (Lipinski definition) is 6. The van der Waals surface area contributed by atoms with Crippen molar-refractivity contribution in [3.8, 4) is 5.75 Å². The number of anilines is 2. The Morgan fingerprint density at radius 1 is 1.00 bits per heavy atom. The Hall–Kier alpha value is -2.34. The van der Waals surface area contributed by atoms with E-state index in [0.29, 0.717) is 11.8 Å². The first kappa shape index (κ1) is 19.0. The van der Waals surface area contributed by atoms with Gasteiger partial charge in [0.1, 0.15) is 17.4 Å². The van der Waals surface area contributed by atoms with E-state index >= 15 is 0 Å². The van der Waals surface area contributed by atoms with Crippen LogP contribution in [0.3, 0.4) is 0 Å². The van der Waals surface area contributed by atoms with Gasteiger partial charge in [0, 0.05) is 57.1 Å². The topological polar surface area (TPSA) is 55.7 Å². The Labute approximate surface area is 167 Å². The molecule has 0 amide bonds. The van der Waals surface area contributed by atoms with Crippen LogP contribution in [0.2, 0.25) is 0 Å². The first-order chi connectivity index (χ1) is 13.7. The number of aryl methyl sites for hydroxylation is 2. The number of piperidine rings is 1. The minimum Gasteiger partial charge on any atom is -0.506 e. The molecule has 0 radical (unpaired) electrons. The second kappa shape index (κ2) is 8.35. The Bertz CT molecular complexity index is 795. The zero-order chi connectivity index (χ0) is 19.5. The van der Waals surface area contributed by atoms with Crippen LogP contribution in [0.1, 0.15) is 31.2 Å². The highest BCUT2D eigenvalue weighted by Crippen LogP contribution is 2.29. The first-order valence-corrected chi connectivity index (χ1v) is 10.5. The first-order valence-electron chi connectivity index (χ1n) is 10.5. The molecule has 2 aromatic rings. The van der Waals surface area contributed by atoms with Crippen molar-refractivity contribution < 1.29 is 5.11 Å². The van der Waals surface area contributed by atoms with Crippen LogP contribution in [-0.2, 0) is 6.42 Å². The minimum absolute atomic E-state index is 0.385. The lowest BCUT2D eigenvalue weighted by atomic mass is 10.0. The van der Waals surface area contributed by atoms with Crippen LogP contribution < -0.4 is 9.80 Å². The molecule has 2 aliphatic heterocycles. The smallest absolute Gasteiger partial charge is 0.138 e. The van der Waals surface area contributed by atoms with E-state index in [1.807, 2.05) is 31.3 Å². The fourth-order valence-corrected chi connectivity index (χ4v) is 4.51. The van der Waals surface area contributed by atoms with Crippen LogP contribution in [0.5, 0.6) is 5.75 Å². The van der Waals surface area contributed by atoms with E-state index in [1.54, 1.807) is 6.07 Å². The third-order valence-corrected chi connectivity index (χ3v) is 6.16. The molecule has 1 aromatic carbocycles. The lowest BCUT2D eigenvalue weighted by Crippen LogP contribution is -2.53. The van der Waals surface area contributed by atoms with Crippen molar-refractivity contribution in [1.29, 1.82) is 0 Å². The molecule has 0 unspecified atom stereocenters. The van der Waals surface area contributed by atoms with Crippen LogP contribution in [0.15, 0.2) is 30.5 Å². The number of para-hydroxylation sites is 2. The molecule has 0 saturated carbocycles. The van der Waals surface area contributed by atoms with Crippen molar-refractivity contribution in [2.75, 3.05) is 49.1 Å². The molecule has 3 heterocycles. The summed E-state index contributed by atoms with van der Waals surface area (Å²) >= 11 is 0. The third kappa shape index (κ3) is 3.92. The molecule has 6 nitrogen and oxygen atoms in total. The molecular formula is C22H31N5O. The number of phenols is 1. The Morgan fingerprint density at radius 3 is 2.39 bits per heavy atom. The van der Waals surface area contributed by atoms with Gasteiger partial charge in [0.15, 0.2) is 0 Å². The standard InChI is InChI=1S/C22H31N5O/c1-3-18-16-23-17(2)24-22(18)27-10-8-19(9-11-27)25-12-14-26(15-13-25)20-6-4-5-7-21(20)28/h4-7,16,19,28H,3,8-15H2,1-2H3. The van der Waals surface area contributed by atoms with Gasteiger partial charge in [-0.25, -0.2) is 9.97 Å². The molecule has 2 aliphatic rings. The van der Waals surface area contributed by atoms with E-state index in [1.165, 1.54) is 18.4 Å². The summed E-state index contributed by atoms with van der Waals surface area (Å²) in [5.74, 6) is 2.38. The molecule has 0 spiro atoms. The highest BCUT2D eigenvalue weighted by Gasteiger charge is 2.29. The number of nitrogens with zero attached hydrogens (tertiary/aromatic N) is 5. The lowest BCUT2D eigenvalue weighted by Gasteiger charge is -2.43. The van der Waals surface area contributed by atoms with Crippen LogP contribution in [0, 0.1) is 6.92 Å². The predicted octanol–water partition coefficient (Wildman–Crippen LogP) is 2.84. The number of rotatable bonds is 4. The maximum absolute atomic E-state index is 10.1. The third-order valence-electron chi connectivity index (χ3n) is 6.16. The largest absolute Gasteiger partial charge is 0.506 e. The second-order valence-corrected chi connectivity index (χ2v) is 7.85. The average Bonchev–Trinajstić information content (AvgIpc) is 2.74. The van der Waals surface area contributed by atoms with Crippen LogP contribution >= 0.6 is 0 Å². The van der Waals surface area contributed by atoms with Gasteiger partial charge in [-0.3, -0.25) is 4.90 Å². The molecule has 1 N–H and O–H groups in total. The highest BCUT2D eigenvalue weighted by molar-refractivity contribution is 5.57. The van der Waals surface area contributed by atoms with Crippen LogP contribution in [0.4, 0.5) is 11.5 Å². The number of aromatic nitrogens is 2. The zero-order valence-electron chi connectivity index (χ0n) is 17.0. The van der Waals surface area contributed by atoms with Crippen molar-refractivity contribution in [3.63, 3.8) is 0 Å². The summed E-state index contributed by atoms with van der Waals surface area (Å²) < 4.78 is 0. The van der Waals surface area contributed by atoms with Crippen molar-refractivity contribution in [2.24, 2.45) is 0 Å². The van der Waals surface area contributed by atoms with Crippen molar-refractivity contribution in [2.45, 2.75) is 39.2 Å². The van der Waals surface area contributed by atoms with Gasteiger partial charge in [-0.15, -0.1) is 0 Å². The maximum Gasteiger partial charge on any atom is 0.138 e. The summed E-state index contributed by atoms with van der Waals surface area (Å²) in [6.07, 6.45) is 5.33. The maximum atomic E-state index is 10.1. The van der Waals surface area contributed by atoms with Gasteiger partial charge in [0.25, 0.3) is 0 Å². The monoisotopic (exact) mass is 381 g/mol.